The summed E-state index contributed by atoms with van der Waals surface area (Å²) in [5.41, 5.74) is 1.01. The molecule has 0 aliphatic carbocycles. The highest BCUT2D eigenvalue weighted by atomic mass is 16.5. The number of nitrogens with zero attached hydrogens (tertiary/aromatic N) is 1. The standard InChI is InChI=1S/C13H18N2O3/c1-2-3-7-18-8-6-14-10-12-5-4-11(9-15-12)13(16)17/h2,4-5,9,14H,1,3,6-8,10H2,(H,16,17). The maximum absolute atomic E-state index is 10.6. The Kier molecular flexibility index (Phi) is 6.68. The van der Waals surface area contributed by atoms with Crippen LogP contribution in [0, 0.1) is 0 Å². The van der Waals surface area contributed by atoms with E-state index in [0.29, 0.717) is 19.8 Å². The molecular weight excluding hydrogens is 232 g/mol. The molecule has 0 atom stereocenters. The Bertz CT molecular complexity index is 376. The van der Waals surface area contributed by atoms with E-state index in [1.54, 1.807) is 12.1 Å². The zero-order valence-corrected chi connectivity index (χ0v) is 10.3. The van der Waals surface area contributed by atoms with Gasteiger partial charge < -0.3 is 15.2 Å². The number of aromatic carboxylic acids is 1. The van der Waals surface area contributed by atoms with Crippen LogP contribution in [0.15, 0.2) is 31.0 Å². The number of hydrogen-bond donors (Lipinski definition) is 2. The van der Waals surface area contributed by atoms with Crippen molar-refractivity contribution in [2.45, 2.75) is 13.0 Å². The number of nitrogens with one attached hydrogen (secondary N) is 1. The molecule has 0 aliphatic heterocycles. The molecule has 5 nitrogen and oxygen atoms in total. The van der Waals surface area contributed by atoms with Crippen LogP contribution in [-0.2, 0) is 11.3 Å². The van der Waals surface area contributed by atoms with Gasteiger partial charge in [0.1, 0.15) is 0 Å². The fraction of sp³-hybridized carbons (Fsp3) is 0.385. The first-order valence-electron chi connectivity index (χ1n) is 5.81. The van der Waals surface area contributed by atoms with E-state index in [9.17, 15) is 4.79 Å². The van der Waals surface area contributed by atoms with Crippen molar-refractivity contribution >= 4 is 5.97 Å². The lowest BCUT2D eigenvalue weighted by atomic mass is 10.2. The Morgan fingerprint density at radius 2 is 2.33 bits per heavy atom. The Labute approximate surface area is 107 Å². The molecule has 0 radical (unpaired) electrons. The summed E-state index contributed by atoms with van der Waals surface area (Å²) < 4.78 is 5.33. The molecule has 0 saturated carbocycles. The largest absolute Gasteiger partial charge is 0.478 e. The number of aromatic nitrogens is 1. The minimum absolute atomic E-state index is 0.200. The van der Waals surface area contributed by atoms with Crippen LogP contribution >= 0.6 is 0 Å². The second kappa shape index (κ2) is 8.38. The van der Waals surface area contributed by atoms with Gasteiger partial charge in [0.25, 0.3) is 0 Å². The summed E-state index contributed by atoms with van der Waals surface area (Å²) in [6, 6.07) is 3.25. The van der Waals surface area contributed by atoms with Crippen molar-refractivity contribution < 1.29 is 14.6 Å². The van der Waals surface area contributed by atoms with Crippen molar-refractivity contribution in [3.05, 3.63) is 42.2 Å². The minimum Gasteiger partial charge on any atom is -0.478 e. The van der Waals surface area contributed by atoms with Gasteiger partial charge in [-0.2, -0.15) is 0 Å². The van der Waals surface area contributed by atoms with E-state index in [1.165, 1.54) is 6.20 Å². The number of carbonyl (C=O) groups is 1. The summed E-state index contributed by atoms with van der Waals surface area (Å²) in [6.45, 7) is 6.28. The van der Waals surface area contributed by atoms with E-state index >= 15 is 0 Å². The highest BCUT2D eigenvalue weighted by Crippen LogP contribution is 1.99. The van der Waals surface area contributed by atoms with Gasteiger partial charge in [0.05, 0.1) is 24.5 Å². The van der Waals surface area contributed by atoms with Crippen LogP contribution in [0.5, 0.6) is 0 Å². The number of pyridine rings is 1. The van der Waals surface area contributed by atoms with Crippen LogP contribution in [0.3, 0.4) is 0 Å². The van der Waals surface area contributed by atoms with Gasteiger partial charge in [0.2, 0.25) is 0 Å². The number of hydrogen-bond acceptors (Lipinski definition) is 4. The summed E-state index contributed by atoms with van der Waals surface area (Å²) >= 11 is 0. The number of carboxylic acid groups (broad SMARTS) is 1. The van der Waals surface area contributed by atoms with Crippen LogP contribution in [0.2, 0.25) is 0 Å². The van der Waals surface area contributed by atoms with E-state index in [4.69, 9.17) is 9.84 Å². The smallest absolute Gasteiger partial charge is 0.337 e. The number of ether oxygens (including phenoxy) is 1. The van der Waals surface area contributed by atoms with Crippen molar-refractivity contribution in [3.63, 3.8) is 0 Å². The van der Waals surface area contributed by atoms with E-state index < -0.39 is 5.97 Å². The van der Waals surface area contributed by atoms with Crippen molar-refractivity contribution in [2.24, 2.45) is 0 Å². The van der Waals surface area contributed by atoms with Crippen molar-refractivity contribution in [1.82, 2.24) is 10.3 Å². The molecule has 0 spiro atoms. The third-order valence-electron chi connectivity index (χ3n) is 2.27. The molecule has 98 valence electrons. The van der Waals surface area contributed by atoms with Gasteiger partial charge in [-0.25, -0.2) is 4.79 Å². The first-order chi connectivity index (χ1) is 8.74. The van der Waals surface area contributed by atoms with Gasteiger partial charge in [-0.15, -0.1) is 6.58 Å². The van der Waals surface area contributed by atoms with E-state index in [-0.39, 0.29) is 5.56 Å². The Morgan fingerprint density at radius 3 is 2.94 bits per heavy atom. The van der Waals surface area contributed by atoms with Gasteiger partial charge >= 0.3 is 5.97 Å². The predicted octanol–water partition coefficient (Wildman–Crippen LogP) is 1.46. The molecular formula is C13H18N2O3. The molecule has 0 aromatic carbocycles. The van der Waals surface area contributed by atoms with Crippen molar-refractivity contribution in [2.75, 3.05) is 19.8 Å². The topological polar surface area (TPSA) is 71.5 Å². The summed E-state index contributed by atoms with van der Waals surface area (Å²) in [5.74, 6) is -0.961. The molecule has 1 heterocycles. The first-order valence-corrected chi connectivity index (χ1v) is 5.81. The molecule has 0 unspecified atom stereocenters. The maximum atomic E-state index is 10.6. The van der Waals surface area contributed by atoms with Gasteiger partial charge in [0, 0.05) is 19.3 Å². The second-order valence-electron chi connectivity index (χ2n) is 3.71. The second-order valence-corrected chi connectivity index (χ2v) is 3.71. The molecule has 0 bridgehead atoms. The monoisotopic (exact) mass is 250 g/mol. The summed E-state index contributed by atoms with van der Waals surface area (Å²) in [5, 5.41) is 11.9. The third-order valence-corrected chi connectivity index (χ3v) is 2.27. The molecule has 1 aromatic heterocycles. The molecule has 2 N–H and O–H groups in total. The fourth-order valence-corrected chi connectivity index (χ4v) is 1.29. The molecule has 5 heteroatoms. The summed E-state index contributed by atoms with van der Waals surface area (Å²) in [6.07, 6.45) is 4.04. The van der Waals surface area contributed by atoms with Gasteiger partial charge in [-0.05, 0) is 18.6 Å². The van der Waals surface area contributed by atoms with Crippen LogP contribution in [0.25, 0.3) is 0 Å². The lowest BCUT2D eigenvalue weighted by molar-refractivity contribution is 0.0696. The normalized spacial score (nSPS) is 10.2. The van der Waals surface area contributed by atoms with Crippen LogP contribution in [-0.4, -0.2) is 35.8 Å². The molecule has 0 fully saturated rings. The average Bonchev–Trinajstić information content (AvgIpc) is 2.38. The Hall–Kier alpha value is -1.72. The van der Waals surface area contributed by atoms with E-state index in [0.717, 1.165) is 18.7 Å². The summed E-state index contributed by atoms with van der Waals surface area (Å²) in [7, 11) is 0. The zero-order valence-electron chi connectivity index (χ0n) is 10.3. The quantitative estimate of drug-likeness (QED) is 0.513. The first kappa shape index (κ1) is 14.3. The van der Waals surface area contributed by atoms with E-state index in [2.05, 4.69) is 16.9 Å². The highest BCUT2D eigenvalue weighted by molar-refractivity contribution is 5.87. The van der Waals surface area contributed by atoms with Gasteiger partial charge in [-0.3, -0.25) is 4.98 Å². The summed E-state index contributed by atoms with van der Waals surface area (Å²) in [4.78, 5) is 14.7. The molecule has 1 aromatic rings. The van der Waals surface area contributed by atoms with E-state index in [1.807, 2.05) is 6.08 Å². The van der Waals surface area contributed by atoms with Crippen molar-refractivity contribution in [3.8, 4) is 0 Å². The van der Waals surface area contributed by atoms with Gasteiger partial charge in [-0.1, -0.05) is 6.08 Å². The lowest BCUT2D eigenvalue weighted by Gasteiger charge is -2.05. The molecule has 0 saturated heterocycles. The third kappa shape index (κ3) is 5.56. The molecule has 0 aliphatic rings. The van der Waals surface area contributed by atoms with Crippen LogP contribution in [0.1, 0.15) is 22.5 Å². The number of rotatable bonds is 9. The van der Waals surface area contributed by atoms with Gasteiger partial charge in [0.15, 0.2) is 0 Å². The Morgan fingerprint density at radius 1 is 1.50 bits per heavy atom. The maximum Gasteiger partial charge on any atom is 0.337 e. The fourth-order valence-electron chi connectivity index (χ4n) is 1.29. The minimum atomic E-state index is -0.961. The Balaban J connectivity index is 2.15. The SMILES string of the molecule is C=CCCOCCNCc1ccc(C(=O)O)cn1. The molecule has 0 amide bonds. The highest BCUT2D eigenvalue weighted by Gasteiger charge is 2.02. The lowest BCUT2D eigenvalue weighted by Crippen LogP contribution is -2.20. The van der Waals surface area contributed by atoms with Crippen LogP contribution < -0.4 is 5.32 Å². The average molecular weight is 250 g/mol. The van der Waals surface area contributed by atoms with Crippen molar-refractivity contribution in [1.29, 1.82) is 0 Å². The molecule has 1 rings (SSSR count). The van der Waals surface area contributed by atoms with Crippen LogP contribution in [0.4, 0.5) is 0 Å². The predicted molar refractivity (Wildman–Crippen MR) is 68.5 cm³/mol. The molecule has 18 heavy (non-hydrogen) atoms. The zero-order chi connectivity index (χ0) is 13.2. The number of carboxylic acids is 1.